The number of carbonyl (C=O) groups excluding carboxylic acids is 2. The smallest absolute Gasteiger partial charge is 0.251 e. The van der Waals surface area contributed by atoms with Crippen molar-refractivity contribution < 1.29 is 23.8 Å². The van der Waals surface area contributed by atoms with Crippen LogP contribution < -0.4 is 15.4 Å². The van der Waals surface area contributed by atoms with Crippen LogP contribution in [-0.4, -0.2) is 81.6 Å². The van der Waals surface area contributed by atoms with Gasteiger partial charge in [0.1, 0.15) is 18.2 Å². The van der Waals surface area contributed by atoms with Crippen LogP contribution in [0.15, 0.2) is 53.5 Å². The van der Waals surface area contributed by atoms with Crippen molar-refractivity contribution in [2.24, 2.45) is 5.92 Å². The van der Waals surface area contributed by atoms with Gasteiger partial charge in [0, 0.05) is 56.9 Å². The summed E-state index contributed by atoms with van der Waals surface area (Å²) in [5, 5.41) is 16.8. The van der Waals surface area contributed by atoms with Gasteiger partial charge >= 0.3 is 0 Å². The second-order valence-electron chi connectivity index (χ2n) is 10.8. The number of pyridine rings is 1. The van der Waals surface area contributed by atoms with E-state index in [0.29, 0.717) is 43.4 Å². The third kappa shape index (κ3) is 7.38. The van der Waals surface area contributed by atoms with Gasteiger partial charge in [0.15, 0.2) is 12.2 Å². The molecule has 2 aromatic heterocycles. The summed E-state index contributed by atoms with van der Waals surface area (Å²) in [5.74, 6) is 2.30. The molecule has 0 radical (unpaired) electrons. The number of nitrogens with zero attached hydrogens (tertiary/aromatic N) is 4. The number of hydrogen-bond acceptors (Lipinski definition) is 9. The lowest BCUT2D eigenvalue weighted by Crippen LogP contribution is -2.57. The van der Waals surface area contributed by atoms with Gasteiger partial charge in [-0.1, -0.05) is 6.07 Å². The van der Waals surface area contributed by atoms with Gasteiger partial charge in [-0.15, -0.1) is 0 Å². The molecular weight excluding hydrogens is 544 g/mol. The van der Waals surface area contributed by atoms with Crippen LogP contribution in [0, 0.1) is 5.92 Å². The normalized spacial score (nSPS) is 17.5. The Morgan fingerprint density at radius 2 is 2.02 bits per heavy atom. The molecule has 3 aliphatic rings. The third-order valence-corrected chi connectivity index (χ3v) is 7.59. The van der Waals surface area contributed by atoms with Crippen LogP contribution in [0.25, 0.3) is 0 Å². The molecule has 0 bridgehead atoms. The van der Waals surface area contributed by atoms with Gasteiger partial charge in [0.25, 0.3) is 5.91 Å². The number of aromatic nitrogens is 2. The topological polar surface area (TPSA) is 133 Å². The molecule has 3 N–H and O–H groups in total. The van der Waals surface area contributed by atoms with E-state index in [1.807, 2.05) is 11.0 Å². The minimum Gasteiger partial charge on any atom is -0.486 e. The maximum absolute atomic E-state index is 12.7. The fourth-order valence-corrected chi connectivity index (χ4v) is 5.17. The number of aliphatic hydroxyl groups excluding tert-OH is 1. The minimum atomic E-state index is -0.695. The summed E-state index contributed by atoms with van der Waals surface area (Å²) < 4.78 is 11.0. The number of oxazole rings is 1. The van der Waals surface area contributed by atoms with Crippen LogP contribution in [0.1, 0.15) is 40.1 Å². The van der Waals surface area contributed by atoms with E-state index in [1.54, 1.807) is 24.5 Å². The van der Waals surface area contributed by atoms with Gasteiger partial charge in [-0.2, -0.15) is 13.5 Å². The lowest BCUT2D eigenvalue weighted by atomic mass is 9.99. The fourth-order valence-electron chi connectivity index (χ4n) is 5.17. The molecule has 1 saturated heterocycles. The summed E-state index contributed by atoms with van der Waals surface area (Å²) >= 11 is 0. The van der Waals surface area contributed by atoms with Crippen molar-refractivity contribution in [3.63, 3.8) is 0 Å². The molecule has 11 nitrogen and oxygen atoms in total. The first-order chi connectivity index (χ1) is 19.5. The van der Waals surface area contributed by atoms with E-state index >= 15 is 0 Å². The molecule has 3 aromatic rings. The van der Waals surface area contributed by atoms with Gasteiger partial charge in [-0.3, -0.25) is 14.5 Å². The van der Waals surface area contributed by atoms with Crippen LogP contribution in [0.3, 0.4) is 0 Å². The second-order valence-corrected chi connectivity index (χ2v) is 10.8. The molecule has 41 heavy (non-hydrogen) atoms. The molecule has 2 amide bonds. The maximum Gasteiger partial charge on any atom is 0.251 e. The molecule has 0 spiro atoms. The number of anilines is 1. The zero-order valence-corrected chi connectivity index (χ0v) is 23.8. The van der Waals surface area contributed by atoms with Crippen molar-refractivity contribution in [1.82, 2.24) is 25.1 Å². The molecular formula is C29H36N6O5S. The molecule has 1 aromatic carbocycles. The number of fused-ring (bicyclic) bond motifs is 1. The maximum atomic E-state index is 12.7. The van der Waals surface area contributed by atoms with Crippen LogP contribution in [-0.2, 0) is 24.4 Å². The summed E-state index contributed by atoms with van der Waals surface area (Å²) in [6.45, 7) is 3.83. The number of β-amino-alcohol motifs (C(OH)–C–C–N with tert-alkyl or cyclic N) is 1. The molecule has 4 heterocycles. The first-order valence-corrected chi connectivity index (χ1v) is 13.8. The lowest BCUT2D eigenvalue weighted by molar-refractivity contribution is -0.136. The van der Waals surface area contributed by atoms with Crippen molar-refractivity contribution in [1.29, 1.82) is 0 Å². The van der Waals surface area contributed by atoms with Crippen LogP contribution in [0.4, 0.5) is 5.82 Å². The minimum absolute atomic E-state index is 0. The van der Waals surface area contributed by atoms with E-state index in [-0.39, 0.29) is 43.8 Å². The van der Waals surface area contributed by atoms with Crippen molar-refractivity contribution in [2.75, 3.05) is 38.0 Å². The fraction of sp³-hybridized carbons (Fsp3) is 0.448. The molecule has 1 aliphatic carbocycles. The molecule has 1 saturated carbocycles. The molecule has 2 fully saturated rings. The molecule has 1 atom stereocenters. The van der Waals surface area contributed by atoms with E-state index in [4.69, 9.17) is 9.15 Å². The number of benzene rings is 1. The molecule has 2 aliphatic heterocycles. The quantitative estimate of drug-likeness (QED) is 0.311. The Morgan fingerprint density at radius 1 is 1.17 bits per heavy atom. The Balaban J connectivity index is 0.00000337. The van der Waals surface area contributed by atoms with Gasteiger partial charge in [0.05, 0.1) is 18.3 Å². The molecule has 0 unspecified atom stereocenters. The first-order valence-electron chi connectivity index (χ1n) is 13.8. The van der Waals surface area contributed by atoms with Crippen molar-refractivity contribution in [3.05, 3.63) is 71.6 Å². The van der Waals surface area contributed by atoms with Gasteiger partial charge < -0.3 is 29.8 Å². The number of ether oxygens (including phenoxy) is 1. The number of hydrogen-bond donors (Lipinski definition) is 3. The van der Waals surface area contributed by atoms with E-state index < -0.39 is 6.10 Å². The zero-order valence-electron chi connectivity index (χ0n) is 22.8. The summed E-state index contributed by atoms with van der Waals surface area (Å²) in [7, 11) is 0. The zero-order chi connectivity index (χ0) is 27.5. The van der Waals surface area contributed by atoms with E-state index in [9.17, 15) is 14.7 Å². The molecule has 12 heteroatoms. The summed E-state index contributed by atoms with van der Waals surface area (Å²) in [5.41, 5.74) is 2.92. The lowest BCUT2D eigenvalue weighted by Gasteiger charge is -2.40. The number of rotatable bonds is 11. The SMILES string of the molecule is O=C(NC[C@H](O)CN1CCc2cc(OCc3cnco3)ccc2C1)c1ccnc(NC2CN(C(=O)C3CC3)C2)c1.S. The number of likely N-dealkylation sites (tertiary alicyclic amines) is 1. The van der Waals surface area contributed by atoms with Gasteiger partial charge in [-0.05, 0) is 54.7 Å². The summed E-state index contributed by atoms with van der Waals surface area (Å²) in [6, 6.07) is 9.57. The van der Waals surface area contributed by atoms with Crippen LogP contribution in [0.5, 0.6) is 5.75 Å². The summed E-state index contributed by atoms with van der Waals surface area (Å²) in [6.07, 6.45) is 6.80. The monoisotopic (exact) mass is 580 g/mol. The highest BCUT2D eigenvalue weighted by atomic mass is 32.1. The number of carbonyl (C=O) groups is 2. The Morgan fingerprint density at radius 3 is 2.80 bits per heavy atom. The predicted octanol–water partition coefficient (Wildman–Crippen LogP) is 1.94. The highest BCUT2D eigenvalue weighted by molar-refractivity contribution is 7.59. The van der Waals surface area contributed by atoms with Crippen molar-refractivity contribution in [3.8, 4) is 5.75 Å². The van der Waals surface area contributed by atoms with Crippen LogP contribution >= 0.6 is 13.5 Å². The van der Waals surface area contributed by atoms with Crippen molar-refractivity contribution >= 4 is 31.1 Å². The van der Waals surface area contributed by atoms with E-state index in [0.717, 1.165) is 38.1 Å². The largest absolute Gasteiger partial charge is 0.486 e. The Bertz CT molecular complexity index is 1350. The highest BCUT2D eigenvalue weighted by Crippen LogP contribution is 2.32. The molecule has 6 rings (SSSR count). The Hall–Kier alpha value is -3.61. The van der Waals surface area contributed by atoms with Gasteiger partial charge in [-0.25, -0.2) is 9.97 Å². The van der Waals surface area contributed by atoms with Gasteiger partial charge in [0.2, 0.25) is 5.91 Å². The summed E-state index contributed by atoms with van der Waals surface area (Å²) in [4.78, 5) is 37.1. The molecule has 218 valence electrons. The van der Waals surface area contributed by atoms with Crippen molar-refractivity contribution in [2.45, 2.75) is 44.6 Å². The standard InChI is InChI=1S/C29H34N6O5.H2S/c36-24(16-34-8-6-20-9-25(4-3-22(20)13-34)39-17-26-12-30-18-40-26)11-32-28(37)21-5-7-31-27(10-21)33-23-14-35(15-23)29(38)19-1-2-19;/h3-5,7,9-10,12,18-19,23-24,36H,1-2,6,8,11,13-17H2,(H,31,33)(H,32,37);1H2/t24-;/m0./s1. The van der Waals surface area contributed by atoms with E-state index in [2.05, 4.69) is 37.6 Å². The predicted molar refractivity (Wildman–Crippen MR) is 156 cm³/mol. The third-order valence-electron chi connectivity index (χ3n) is 7.59. The first kappa shape index (κ1) is 28.9. The second kappa shape index (κ2) is 12.9. The van der Waals surface area contributed by atoms with E-state index in [1.165, 1.54) is 17.5 Å². The van der Waals surface area contributed by atoms with Crippen LogP contribution in [0.2, 0.25) is 0 Å². The average molecular weight is 581 g/mol. The average Bonchev–Trinajstić information content (AvgIpc) is 3.67. The number of nitrogens with one attached hydrogen (secondary N) is 2. The number of amides is 2. The Labute approximate surface area is 245 Å². The Kier molecular flexibility index (Phi) is 9.11. The highest BCUT2D eigenvalue weighted by Gasteiger charge is 2.39. The number of aliphatic hydroxyl groups is 1.